The average Bonchev–Trinajstić information content (AvgIpc) is 3.34. The van der Waals surface area contributed by atoms with E-state index in [0.29, 0.717) is 25.7 Å². The molecule has 2 aromatic carbocycles. The summed E-state index contributed by atoms with van der Waals surface area (Å²) >= 11 is 0. The van der Waals surface area contributed by atoms with E-state index in [2.05, 4.69) is 17.4 Å². The number of nitrogens with one attached hydrogen (secondary N) is 1. The largest absolute Gasteiger partial charge is 0.480 e. The number of carbonyl (C=O) groups excluding carboxylic acids is 2. The molecule has 2 heterocycles. The molecule has 1 aliphatic carbocycles. The molecule has 2 amide bonds. The van der Waals surface area contributed by atoms with Gasteiger partial charge in [0.05, 0.1) is 0 Å². The lowest BCUT2D eigenvalue weighted by molar-refractivity contribution is -0.152. The van der Waals surface area contributed by atoms with Gasteiger partial charge in [0.2, 0.25) is 5.91 Å². The van der Waals surface area contributed by atoms with Crippen molar-refractivity contribution in [2.24, 2.45) is 0 Å². The number of rotatable bonds is 4. The van der Waals surface area contributed by atoms with Gasteiger partial charge in [-0.1, -0.05) is 48.5 Å². The minimum Gasteiger partial charge on any atom is -0.480 e. The molecular formula is C24H24N2O5. The Morgan fingerprint density at radius 2 is 1.58 bits per heavy atom. The number of hydrogen-bond acceptors (Lipinski definition) is 4. The maximum Gasteiger partial charge on any atom is 0.407 e. The molecule has 3 atom stereocenters. The van der Waals surface area contributed by atoms with Gasteiger partial charge in [-0.3, -0.25) is 4.79 Å². The molecule has 0 unspecified atom stereocenters. The number of ether oxygens (including phenoxy) is 1. The molecule has 2 aliphatic heterocycles. The van der Waals surface area contributed by atoms with E-state index in [9.17, 15) is 19.5 Å². The smallest absolute Gasteiger partial charge is 0.407 e. The van der Waals surface area contributed by atoms with Crippen LogP contribution in [0, 0.1) is 0 Å². The summed E-state index contributed by atoms with van der Waals surface area (Å²) in [5.41, 5.74) is 4.53. The van der Waals surface area contributed by atoms with Gasteiger partial charge in [-0.2, -0.15) is 0 Å². The van der Waals surface area contributed by atoms with E-state index in [1.54, 1.807) is 0 Å². The number of piperidine rings is 1. The fourth-order valence-electron chi connectivity index (χ4n) is 5.32. The summed E-state index contributed by atoms with van der Waals surface area (Å²) in [6, 6.07) is 14.6. The van der Waals surface area contributed by atoms with Crippen LogP contribution >= 0.6 is 0 Å². The summed E-state index contributed by atoms with van der Waals surface area (Å²) in [5, 5.41) is 12.1. The van der Waals surface area contributed by atoms with Gasteiger partial charge in [-0.25, -0.2) is 9.59 Å². The van der Waals surface area contributed by atoms with Crippen molar-refractivity contribution in [3.63, 3.8) is 0 Å². The SMILES string of the molecule is O=C(N[C@@H]1CC[C@H]2CC[C@@H](C(=O)O)N2C1=O)OCC1c2ccccc2-c2ccccc21. The number of carboxylic acids is 1. The van der Waals surface area contributed by atoms with Crippen molar-refractivity contribution in [2.75, 3.05) is 6.61 Å². The van der Waals surface area contributed by atoms with Gasteiger partial charge in [0.1, 0.15) is 18.7 Å². The highest BCUT2D eigenvalue weighted by Gasteiger charge is 2.46. The maximum absolute atomic E-state index is 12.8. The molecule has 0 saturated carbocycles. The highest BCUT2D eigenvalue weighted by molar-refractivity contribution is 5.90. The monoisotopic (exact) mass is 420 g/mol. The fraction of sp³-hybridized carbons (Fsp3) is 0.375. The summed E-state index contributed by atoms with van der Waals surface area (Å²) in [6.07, 6.45) is 1.69. The number of amides is 2. The Bertz CT molecular complexity index is 1010. The van der Waals surface area contributed by atoms with Crippen molar-refractivity contribution >= 4 is 18.0 Å². The zero-order chi connectivity index (χ0) is 21.5. The summed E-state index contributed by atoms with van der Waals surface area (Å²) in [7, 11) is 0. The number of carboxylic acid groups (broad SMARTS) is 1. The molecule has 2 N–H and O–H groups in total. The van der Waals surface area contributed by atoms with Gasteiger partial charge in [0, 0.05) is 12.0 Å². The maximum atomic E-state index is 12.8. The van der Waals surface area contributed by atoms with Crippen LogP contribution in [0.25, 0.3) is 11.1 Å². The van der Waals surface area contributed by atoms with Crippen LogP contribution in [0.2, 0.25) is 0 Å². The van der Waals surface area contributed by atoms with Crippen molar-refractivity contribution in [1.29, 1.82) is 0 Å². The molecule has 0 radical (unpaired) electrons. The third kappa shape index (κ3) is 3.34. The van der Waals surface area contributed by atoms with Crippen LogP contribution in [0.3, 0.4) is 0 Å². The standard InChI is InChI=1S/C24H24N2O5/c27-22-20(11-9-14-10-12-21(23(28)29)26(14)22)25-24(30)31-13-19-17-7-3-1-5-15(17)16-6-2-4-8-18(16)19/h1-8,14,19-21H,9-13H2,(H,25,30)(H,28,29)/t14-,20+,21-/m0/s1. The lowest BCUT2D eigenvalue weighted by Gasteiger charge is -2.36. The van der Waals surface area contributed by atoms with Crippen LogP contribution in [0.15, 0.2) is 48.5 Å². The van der Waals surface area contributed by atoms with E-state index in [-0.39, 0.29) is 24.5 Å². The lowest BCUT2D eigenvalue weighted by Crippen LogP contribution is -2.57. The van der Waals surface area contributed by atoms with Crippen molar-refractivity contribution in [2.45, 2.75) is 49.7 Å². The fourth-order valence-corrected chi connectivity index (χ4v) is 5.32. The van der Waals surface area contributed by atoms with E-state index in [1.165, 1.54) is 4.90 Å². The van der Waals surface area contributed by atoms with E-state index < -0.39 is 24.1 Å². The molecule has 31 heavy (non-hydrogen) atoms. The minimum atomic E-state index is -0.988. The number of benzene rings is 2. The second kappa shape index (κ2) is 7.72. The highest BCUT2D eigenvalue weighted by Crippen LogP contribution is 2.44. The predicted molar refractivity (Wildman–Crippen MR) is 113 cm³/mol. The number of carbonyl (C=O) groups is 3. The van der Waals surface area contributed by atoms with E-state index >= 15 is 0 Å². The second-order valence-electron chi connectivity index (χ2n) is 8.43. The summed E-state index contributed by atoms with van der Waals surface area (Å²) < 4.78 is 5.54. The predicted octanol–water partition coefficient (Wildman–Crippen LogP) is 3.13. The molecule has 5 rings (SSSR count). The number of fused-ring (bicyclic) bond motifs is 4. The molecule has 0 spiro atoms. The van der Waals surface area contributed by atoms with Crippen LogP contribution in [-0.4, -0.2) is 52.7 Å². The van der Waals surface area contributed by atoms with Crippen LogP contribution < -0.4 is 5.32 Å². The molecule has 2 saturated heterocycles. The molecular weight excluding hydrogens is 396 g/mol. The second-order valence-corrected chi connectivity index (χ2v) is 8.43. The van der Waals surface area contributed by atoms with Gasteiger partial charge < -0.3 is 20.1 Å². The van der Waals surface area contributed by atoms with Gasteiger partial charge in [0.15, 0.2) is 0 Å². The van der Waals surface area contributed by atoms with E-state index in [4.69, 9.17) is 4.74 Å². The number of aliphatic carboxylic acids is 1. The van der Waals surface area contributed by atoms with Gasteiger partial charge in [0.25, 0.3) is 0 Å². The minimum absolute atomic E-state index is 0.0471. The molecule has 0 bridgehead atoms. The lowest BCUT2D eigenvalue weighted by atomic mass is 9.98. The Balaban J connectivity index is 1.25. The Hall–Kier alpha value is -3.35. The molecule has 7 nitrogen and oxygen atoms in total. The molecule has 2 fully saturated rings. The van der Waals surface area contributed by atoms with Crippen molar-refractivity contribution in [1.82, 2.24) is 10.2 Å². The topological polar surface area (TPSA) is 95.9 Å². The highest BCUT2D eigenvalue weighted by atomic mass is 16.5. The summed E-state index contributed by atoms with van der Waals surface area (Å²) in [4.78, 5) is 38.3. The average molecular weight is 420 g/mol. The van der Waals surface area contributed by atoms with Crippen molar-refractivity contribution in [3.05, 3.63) is 59.7 Å². The van der Waals surface area contributed by atoms with Crippen LogP contribution in [0.5, 0.6) is 0 Å². The van der Waals surface area contributed by atoms with Gasteiger partial charge in [-0.15, -0.1) is 0 Å². The zero-order valence-electron chi connectivity index (χ0n) is 17.0. The third-order valence-electron chi connectivity index (χ3n) is 6.76. The van der Waals surface area contributed by atoms with Crippen LogP contribution in [-0.2, 0) is 14.3 Å². The first-order valence-electron chi connectivity index (χ1n) is 10.7. The first-order chi connectivity index (χ1) is 15.0. The third-order valence-corrected chi connectivity index (χ3v) is 6.76. The number of alkyl carbamates (subject to hydrolysis) is 1. The molecule has 2 aromatic rings. The Morgan fingerprint density at radius 1 is 0.968 bits per heavy atom. The molecule has 0 aromatic heterocycles. The Morgan fingerprint density at radius 3 is 2.23 bits per heavy atom. The quantitative estimate of drug-likeness (QED) is 0.792. The van der Waals surface area contributed by atoms with Crippen LogP contribution in [0.1, 0.15) is 42.7 Å². The van der Waals surface area contributed by atoms with Gasteiger partial charge >= 0.3 is 12.1 Å². The van der Waals surface area contributed by atoms with E-state index in [0.717, 1.165) is 22.3 Å². The zero-order valence-corrected chi connectivity index (χ0v) is 17.0. The summed E-state index contributed by atoms with van der Waals surface area (Å²) in [6.45, 7) is 0.171. The van der Waals surface area contributed by atoms with E-state index in [1.807, 2.05) is 36.4 Å². The van der Waals surface area contributed by atoms with Crippen molar-refractivity contribution in [3.8, 4) is 11.1 Å². The van der Waals surface area contributed by atoms with Crippen molar-refractivity contribution < 1.29 is 24.2 Å². The van der Waals surface area contributed by atoms with Gasteiger partial charge in [-0.05, 0) is 47.9 Å². The number of hydrogen-bond donors (Lipinski definition) is 2. The Labute approximate surface area is 180 Å². The first-order valence-corrected chi connectivity index (χ1v) is 10.7. The molecule has 7 heteroatoms. The molecule has 3 aliphatic rings. The summed E-state index contributed by atoms with van der Waals surface area (Å²) in [5.74, 6) is -1.37. The normalized spacial score (nSPS) is 24.3. The van der Waals surface area contributed by atoms with Crippen LogP contribution in [0.4, 0.5) is 4.79 Å². The number of nitrogens with zero attached hydrogens (tertiary/aromatic N) is 1. The molecule has 160 valence electrons. The Kier molecular flexibility index (Phi) is 4.88. The first kappa shape index (κ1) is 19.6.